The van der Waals surface area contributed by atoms with Crippen molar-refractivity contribution in [1.29, 1.82) is 0 Å². The molecule has 1 amide bonds. The summed E-state index contributed by atoms with van der Waals surface area (Å²) in [6.45, 7) is 3.78. The fourth-order valence-corrected chi connectivity index (χ4v) is 2.74. The van der Waals surface area contributed by atoms with Gasteiger partial charge >= 0.3 is 0 Å². The molecule has 2 aromatic rings. The van der Waals surface area contributed by atoms with Gasteiger partial charge in [0.2, 0.25) is 5.91 Å². The molecule has 24 heavy (non-hydrogen) atoms. The van der Waals surface area contributed by atoms with Crippen molar-refractivity contribution in [2.45, 2.75) is 38.4 Å². The van der Waals surface area contributed by atoms with Gasteiger partial charge in [0.1, 0.15) is 5.82 Å². The molecule has 0 saturated heterocycles. The van der Waals surface area contributed by atoms with E-state index in [1.54, 1.807) is 26.0 Å². The molecule has 7 heteroatoms. The molecular formula is C17H20FN3O2S. The molecule has 5 nitrogen and oxygen atoms in total. The average Bonchev–Trinajstić information content (AvgIpc) is 2.55. The Hall–Kier alpha value is -2.15. The highest BCUT2D eigenvalue weighted by Crippen LogP contribution is 2.10. The lowest BCUT2D eigenvalue weighted by Gasteiger charge is -2.08. The molecule has 0 spiro atoms. The smallest absolute Gasteiger partial charge is 0.254 e. The molecule has 0 saturated carbocycles. The first-order valence-electron chi connectivity index (χ1n) is 7.56. The van der Waals surface area contributed by atoms with Gasteiger partial charge in [-0.15, -0.1) is 0 Å². The van der Waals surface area contributed by atoms with E-state index < -0.39 is 0 Å². The molecule has 1 heterocycles. The minimum Gasteiger partial charge on any atom is -0.352 e. The van der Waals surface area contributed by atoms with Crippen LogP contribution in [0.25, 0.3) is 0 Å². The number of H-pyrrole nitrogens is 1. The Labute approximate surface area is 144 Å². The van der Waals surface area contributed by atoms with Gasteiger partial charge < -0.3 is 10.3 Å². The number of aromatic amines is 1. The zero-order valence-electron chi connectivity index (χ0n) is 13.9. The van der Waals surface area contributed by atoms with Crippen molar-refractivity contribution in [3.8, 4) is 0 Å². The Balaban J connectivity index is 1.91. The van der Waals surface area contributed by atoms with Gasteiger partial charge in [0.15, 0.2) is 5.16 Å². The number of halogens is 1. The largest absolute Gasteiger partial charge is 0.352 e. The number of hydrogen-bond donors (Lipinski definition) is 2. The van der Waals surface area contributed by atoms with Crippen LogP contribution < -0.4 is 10.9 Å². The number of thioether (sulfide) groups is 1. The molecule has 2 rings (SSSR count). The first kappa shape index (κ1) is 18.2. The van der Waals surface area contributed by atoms with Crippen LogP contribution in [0.15, 0.2) is 28.2 Å². The molecule has 0 fully saturated rings. The van der Waals surface area contributed by atoms with E-state index in [0.29, 0.717) is 34.9 Å². The van der Waals surface area contributed by atoms with E-state index in [-0.39, 0.29) is 23.7 Å². The summed E-state index contributed by atoms with van der Waals surface area (Å²) in [6.07, 6.45) is 2.36. The van der Waals surface area contributed by atoms with E-state index in [0.717, 1.165) is 5.56 Å². The predicted octanol–water partition coefficient (Wildman–Crippen LogP) is 2.50. The zero-order valence-corrected chi connectivity index (χ0v) is 14.7. The molecule has 1 aromatic heterocycles. The van der Waals surface area contributed by atoms with Crippen molar-refractivity contribution in [2.75, 3.05) is 6.26 Å². The highest BCUT2D eigenvalue weighted by atomic mass is 32.2. The van der Waals surface area contributed by atoms with Crippen molar-refractivity contribution in [3.63, 3.8) is 0 Å². The number of rotatable bonds is 6. The van der Waals surface area contributed by atoms with Crippen LogP contribution in [0.2, 0.25) is 0 Å². The number of nitrogens with one attached hydrogen (secondary N) is 2. The fraction of sp³-hybridized carbons (Fsp3) is 0.353. The second-order valence-electron chi connectivity index (χ2n) is 5.50. The minimum atomic E-state index is -0.263. The highest BCUT2D eigenvalue weighted by molar-refractivity contribution is 7.98. The normalized spacial score (nSPS) is 10.7. The predicted molar refractivity (Wildman–Crippen MR) is 92.7 cm³/mol. The van der Waals surface area contributed by atoms with Gasteiger partial charge in [-0.1, -0.05) is 23.9 Å². The fourth-order valence-electron chi connectivity index (χ4n) is 2.32. The highest BCUT2D eigenvalue weighted by Gasteiger charge is 2.10. The van der Waals surface area contributed by atoms with Crippen LogP contribution in [-0.2, 0) is 17.8 Å². The van der Waals surface area contributed by atoms with Crippen molar-refractivity contribution in [2.24, 2.45) is 0 Å². The molecule has 0 aliphatic heterocycles. The number of nitrogens with zero attached hydrogens (tertiary/aromatic N) is 1. The summed E-state index contributed by atoms with van der Waals surface area (Å²) in [7, 11) is 0. The molecule has 2 N–H and O–H groups in total. The lowest BCUT2D eigenvalue weighted by atomic mass is 10.1. The second-order valence-corrected chi connectivity index (χ2v) is 6.29. The molecular weight excluding hydrogens is 329 g/mol. The van der Waals surface area contributed by atoms with Crippen LogP contribution in [-0.4, -0.2) is 22.1 Å². The number of carbonyl (C=O) groups excluding carboxylic acids is 1. The third-order valence-corrected chi connectivity index (χ3v) is 4.29. The number of benzene rings is 1. The molecule has 128 valence electrons. The molecule has 0 radical (unpaired) electrons. The lowest BCUT2D eigenvalue weighted by Crippen LogP contribution is -2.25. The summed E-state index contributed by atoms with van der Waals surface area (Å²) in [5.41, 5.74) is 2.35. The summed E-state index contributed by atoms with van der Waals surface area (Å²) in [5.74, 6) is -0.425. The van der Waals surface area contributed by atoms with Crippen LogP contribution in [0.1, 0.15) is 28.8 Å². The van der Waals surface area contributed by atoms with Gasteiger partial charge in [0.05, 0.1) is 0 Å². The van der Waals surface area contributed by atoms with Crippen LogP contribution in [0.5, 0.6) is 0 Å². The van der Waals surface area contributed by atoms with E-state index in [4.69, 9.17) is 0 Å². The van der Waals surface area contributed by atoms with Gasteiger partial charge in [-0.2, -0.15) is 0 Å². The number of aromatic nitrogens is 2. The van der Waals surface area contributed by atoms with Gasteiger partial charge in [0.25, 0.3) is 5.56 Å². The summed E-state index contributed by atoms with van der Waals surface area (Å²) >= 11 is 1.37. The van der Waals surface area contributed by atoms with E-state index in [2.05, 4.69) is 15.3 Å². The SMILES string of the molecule is CSc1nc(C)c(CCC(=O)NCc2ccc(F)c(C)c2)c(=O)[nH]1. The monoisotopic (exact) mass is 349 g/mol. The standard InChI is InChI=1S/C17H20FN3O2S/c1-10-8-12(4-6-14(10)18)9-19-15(22)7-5-13-11(2)20-17(24-3)21-16(13)23/h4,6,8H,5,7,9H2,1-3H3,(H,19,22)(H,20,21,23). The number of carbonyl (C=O) groups is 1. The first-order chi connectivity index (χ1) is 11.4. The van der Waals surface area contributed by atoms with Crippen LogP contribution in [0, 0.1) is 19.7 Å². The molecule has 0 bridgehead atoms. The van der Waals surface area contributed by atoms with Gasteiger partial charge in [-0.25, -0.2) is 9.37 Å². The van der Waals surface area contributed by atoms with Crippen molar-refractivity contribution in [1.82, 2.24) is 15.3 Å². The minimum absolute atomic E-state index is 0.162. The van der Waals surface area contributed by atoms with Crippen LogP contribution in [0.4, 0.5) is 4.39 Å². The molecule has 0 atom stereocenters. The third-order valence-electron chi connectivity index (χ3n) is 3.71. The van der Waals surface area contributed by atoms with E-state index in [1.807, 2.05) is 6.26 Å². The summed E-state index contributed by atoms with van der Waals surface area (Å²) in [6, 6.07) is 4.73. The Morgan fingerprint density at radius 3 is 2.75 bits per heavy atom. The molecule has 0 aliphatic carbocycles. The Morgan fingerprint density at radius 2 is 2.12 bits per heavy atom. The first-order valence-corrected chi connectivity index (χ1v) is 8.78. The van der Waals surface area contributed by atoms with Crippen molar-refractivity contribution in [3.05, 3.63) is 56.8 Å². The van der Waals surface area contributed by atoms with Crippen molar-refractivity contribution >= 4 is 17.7 Å². The number of amides is 1. The van der Waals surface area contributed by atoms with Gasteiger partial charge in [-0.3, -0.25) is 9.59 Å². The topological polar surface area (TPSA) is 74.8 Å². The number of aryl methyl sites for hydroxylation is 2. The zero-order chi connectivity index (χ0) is 17.7. The lowest BCUT2D eigenvalue weighted by molar-refractivity contribution is -0.121. The molecule has 1 aromatic carbocycles. The second kappa shape index (κ2) is 8.10. The maximum atomic E-state index is 13.2. The van der Waals surface area contributed by atoms with E-state index >= 15 is 0 Å². The maximum absolute atomic E-state index is 13.2. The maximum Gasteiger partial charge on any atom is 0.254 e. The summed E-state index contributed by atoms with van der Waals surface area (Å²) in [5, 5.41) is 3.35. The quantitative estimate of drug-likeness (QED) is 0.621. The summed E-state index contributed by atoms with van der Waals surface area (Å²) in [4.78, 5) is 30.9. The molecule has 0 aliphatic rings. The van der Waals surface area contributed by atoms with E-state index in [9.17, 15) is 14.0 Å². The van der Waals surface area contributed by atoms with Gasteiger partial charge in [-0.05, 0) is 43.7 Å². The number of hydrogen-bond acceptors (Lipinski definition) is 4. The Kier molecular flexibility index (Phi) is 6.14. The Bertz CT molecular complexity index is 805. The third kappa shape index (κ3) is 4.67. The average molecular weight is 349 g/mol. The molecule has 0 unspecified atom stereocenters. The van der Waals surface area contributed by atoms with E-state index in [1.165, 1.54) is 17.8 Å². The summed E-state index contributed by atoms with van der Waals surface area (Å²) < 4.78 is 13.2. The van der Waals surface area contributed by atoms with Crippen LogP contribution in [0.3, 0.4) is 0 Å². The van der Waals surface area contributed by atoms with Crippen molar-refractivity contribution < 1.29 is 9.18 Å². The Morgan fingerprint density at radius 1 is 1.38 bits per heavy atom. The van der Waals surface area contributed by atoms with Gasteiger partial charge in [0, 0.05) is 24.2 Å². The van der Waals surface area contributed by atoms with Crippen LogP contribution >= 0.6 is 11.8 Å².